The van der Waals surface area contributed by atoms with Crippen LogP contribution in [0.4, 0.5) is 0 Å². The number of nitrogens with zero attached hydrogens (tertiary/aromatic N) is 1. The van der Waals surface area contributed by atoms with Crippen molar-refractivity contribution in [3.63, 3.8) is 0 Å². The monoisotopic (exact) mass is 436 g/mol. The van der Waals surface area contributed by atoms with Crippen LogP contribution in [-0.4, -0.2) is 60.8 Å². The molecule has 2 aromatic carbocycles. The molecule has 0 saturated carbocycles. The Morgan fingerprint density at radius 3 is 2.33 bits per heavy atom. The molecule has 9 heteroatoms. The third-order valence-corrected chi connectivity index (χ3v) is 5.97. The number of ether oxygens (including phenoxy) is 3. The molecule has 0 unspecified atom stereocenters. The standard InChI is InChI=1S/C21H28N2O6S/c1-15-6-8-18(28-4)17(12-15)14-23(2)21(24)16-7-9-19(29-5)20(13-16)30(25,26)22-10-11-27-3/h6-9,12-13,22H,10-11,14H2,1-5H3. The van der Waals surface area contributed by atoms with Crippen LogP contribution >= 0.6 is 0 Å². The molecule has 164 valence electrons. The molecule has 2 aromatic rings. The maximum absolute atomic E-state index is 13.0. The van der Waals surface area contributed by atoms with E-state index in [1.165, 1.54) is 31.3 Å². The van der Waals surface area contributed by atoms with Crippen molar-refractivity contribution < 1.29 is 27.4 Å². The number of sulfonamides is 1. The number of benzene rings is 2. The molecule has 0 heterocycles. The van der Waals surface area contributed by atoms with Gasteiger partial charge in [-0.3, -0.25) is 4.79 Å². The summed E-state index contributed by atoms with van der Waals surface area (Å²) in [6.45, 7) is 2.60. The first-order valence-corrected chi connectivity index (χ1v) is 10.8. The molecule has 2 rings (SSSR count). The lowest BCUT2D eigenvalue weighted by Crippen LogP contribution is -2.29. The van der Waals surface area contributed by atoms with E-state index in [9.17, 15) is 13.2 Å². The van der Waals surface area contributed by atoms with E-state index in [0.717, 1.165) is 11.1 Å². The van der Waals surface area contributed by atoms with Crippen LogP contribution in [-0.2, 0) is 21.3 Å². The summed E-state index contributed by atoms with van der Waals surface area (Å²) in [5, 5.41) is 0. The second kappa shape index (κ2) is 10.4. The smallest absolute Gasteiger partial charge is 0.253 e. The van der Waals surface area contributed by atoms with Crippen molar-refractivity contribution in [2.45, 2.75) is 18.4 Å². The van der Waals surface area contributed by atoms with Crippen LogP contribution in [0, 0.1) is 6.92 Å². The highest BCUT2D eigenvalue weighted by Gasteiger charge is 2.23. The lowest BCUT2D eigenvalue weighted by molar-refractivity contribution is 0.0784. The van der Waals surface area contributed by atoms with Crippen LogP contribution in [0.15, 0.2) is 41.3 Å². The second-order valence-corrected chi connectivity index (χ2v) is 8.47. The number of hydrogen-bond donors (Lipinski definition) is 1. The van der Waals surface area contributed by atoms with E-state index in [-0.39, 0.29) is 35.3 Å². The van der Waals surface area contributed by atoms with Gasteiger partial charge < -0.3 is 19.1 Å². The van der Waals surface area contributed by atoms with Gasteiger partial charge >= 0.3 is 0 Å². The predicted octanol–water partition coefficient (Wildman–Crippen LogP) is 2.21. The average molecular weight is 437 g/mol. The Bertz CT molecular complexity index is 991. The van der Waals surface area contributed by atoms with Gasteiger partial charge in [0.05, 0.1) is 20.8 Å². The third-order valence-electron chi connectivity index (χ3n) is 4.49. The van der Waals surface area contributed by atoms with Crippen LogP contribution in [0.5, 0.6) is 11.5 Å². The quantitative estimate of drug-likeness (QED) is 0.574. The van der Waals surface area contributed by atoms with Gasteiger partial charge in [0, 0.05) is 38.4 Å². The maximum Gasteiger partial charge on any atom is 0.253 e. The van der Waals surface area contributed by atoms with Crippen LogP contribution < -0.4 is 14.2 Å². The minimum absolute atomic E-state index is 0.103. The SMILES string of the molecule is COCCNS(=O)(=O)c1cc(C(=O)N(C)Cc2cc(C)ccc2OC)ccc1OC. The maximum atomic E-state index is 13.0. The zero-order valence-corrected chi connectivity index (χ0v) is 18.7. The van der Waals surface area contributed by atoms with Gasteiger partial charge in [-0.05, 0) is 31.2 Å². The van der Waals surface area contributed by atoms with E-state index < -0.39 is 10.0 Å². The molecular weight excluding hydrogens is 408 g/mol. The van der Waals surface area contributed by atoms with E-state index in [1.54, 1.807) is 20.2 Å². The highest BCUT2D eigenvalue weighted by molar-refractivity contribution is 7.89. The van der Waals surface area contributed by atoms with Gasteiger partial charge in [-0.25, -0.2) is 13.1 Å². The number of nitrogens with one attached hydrogen (secondary N) is 1. The molecule has 0 fully saturated rings. The first-order valence-electron chi connectivity index (χ1n) is 9.29. The summed E-state index contributed by atoms with van der Waals surface area (Å²) in [5.74, 6) is 0.509. The Hall–Kier alpha value is -2.62. The molecule has 0 atom stereocenters. The number of amides is 1. The molecule has 1 N–H and O–H groups in total. The summed E-state index contributed by atoms with van der Waals surface area (Å²) in [4.78, 5) is 14.4. The molecule has 0 radical (unpaired) electrons. The van der Waals surface area contributed by atoms with Crippen LogP contribution in [0.25, 0.3) is 0 Å². The molecule has 0 aliphatic carbocycles. The van der Waals surface area contributed by atoms with Gasteiger partial charge in [-0.2, -0.15) is 0 Å². The van der Waals surface area contributed by atoms with E-state index in [2.05, 4.69) is 4.72 Å². The highest BCUT2D eigenvalue weighted by Crippen LogP contribution is 2.26. The lowest BCUT2D eigenvalue weighted by atomic mass is 10.1. The average Bonchev–Trinajstić information content (AvgIpc) is 2.73. The van der Waals surface area contributed by atoms with Gasteiger partial charge in [0.25, 0.3) is 5.91 Å². The number of aryl methyl sites for hydroxylation is 1. The zero-order valence-electron chi connectivity index (χ0n) is 17.9. The van der Waals surface area contributed by atoms with Gasteiger partial charge in [0.15, 0.2) is 0 Å². The Morgan fingerprint density at radius 1 is 1.03 bits per heavy atom. The van der Waals surface area contributed by atoms with E-state index in [1.807, 2.05) is 25.1 Å². The molecule has 0 spiro atoms. The van der Waals surface area contributed by atoms with Crippen molar-refractivity contribution in [1.82, 2.24) is 9.62 Å². The minimum Gasteiger partial charge on any atom is -0.496 e. The summed E-state index contributed by atoms with van der Waals surface area (Å²) < 4.78 is 43.2. The van der Waals surface area contributed by atoms with Crippen LogP contribution in [0.2, 0.25) is 0 Å². The summed E-state index contributed by atoms with van der Waals surface area (Å²) in [7, 11) is 2.21. The molecule has 1 amide bonds. The van der Waals surface area contributed by atoms with Crippen molar-refractivity contribution in [3.05, 3.63) is 53.1 Å². The summed E-state index contributed by atoms with van der Waals surface area (Å²) in [5.41, 5.74) is 2.14. The molecule has 0 aliphatic heterocycles. The van der Waals surface area contributed by atoms with E-state index >= 15 is 0 Å². The fourth-order valence-electron chi connectivity index (χ4n) is 2.95. The second-order valence-electron chi connectivity index (χ2n) is 6.73. The topological polar surface area (TPSA) is 94.2 Å². The van der Waals surface area contributed by atoms with Gasteiger partial charge in [0.2, 0.25) is 10.0 Å². The number of rotatable bonds is 10. The van der Waals surface area contributed by atoms with Crippen molar-refractivity contribution >= 4 is 15.9 Å². The zero-order chi connectivity index (χ0) is 22.3. The number of carbonyl (C=O) groups is 1. The minimum atomic E-state index is -3.88. The third kappa shape index (κ3) is 5.71. The van der Waals surface area contributed by atoms with Crippen molar-refractivity contribution in [3.8, 4) is 11.5 Å². The first-order chi connectivity index (χ1) is 14.2. The van der Waals surface area contributed by atoms with E-state index in [4.69, 9.17) is 14.2 Å². The first kappa shape index (κ1) is 23.7. The van der Waals surface area contributed by atoms with Crippen molar-refractivity contribution in [2.75, 3.05) is 41.5 Å². The normalized spacial score (nSPS) is 11.2. The Kier molecular flexibility index (Phi) is 8.22. The van der Waals surface area contributed by atoms with Gasteiger partial charge in [-0.1, -0.05) is 17.7 Å². The number of carbonyl (C=O) groups excluding carboxylic acids is 1. The number of methoxy groups -OCH3 is 3. The molecule has 0 aliphatic rings. The molecule has 0 saturated heterocycles. The molecule has 0 bridgehead atoms. The van der Waals surface area contributed by atoms with Gasteiger partial charge in [0.1, 0.15) is 16.4 Å². The Labute approximate surface area is 177 Å². The van der Waals surface area contributed by atoms with Crippen LogP contribution in [0.1, 0.15) is 21.5 Å². The molecule has 8 nitrogen and oxygen atoms in total. The number of hydrogen-bond acceptors (Lipinski definition) is 6. The molecule has 0 aromatic heterocycles. The summed E-state index contributed by atoms with van der Waals surface area (Å²) in [6.07, 6.45) is 0. The fraction of sp³-hybridized carbons (Fsp3) is 0.381. The highest BCUT2D eigenvalue weighted by atomic mass is 32.2. The van der Waals surface area contributed by atoms with E-state index in [0.29, 0.717) is 12.3 Å². The Morgan fingerprint density at radius 2 is 1.70 bits per heavy atom. The van der Waals surface area contributed by atoms with Crippen LogP contribution in [0.3, 0.4) is 0 Å². The fourth-order valence-corrected chi connectivity index (χ4v) is 4.16. The molecular formula is C21H28N2O6S. The molecule has 30 heavy (non-hydrogen) atoms. The predicted molar refractivity (Wildman–Crippen MR) is 114 cm³/mol. The lowest BCUT2D eigenvalue weighted by Gasteiger charge is -2.20. The largest absolute Gasteiger partial charge is 0.496 e. The van der Waals surface area contributed by atoms with Crippen molar-refractivity contribution in [2.24, 2.45) is 0 Å². The summed E-state index contributed by atoms with van der Waals surface area (Å²) >= 11 is 0. The van der Waals surface area contributed by atoms with Gasteiger partial charge in [-0.15, -0.1) is 0 Å². The summed E-state index contributed by atoms with van der Waals surface area (Å²) in [6, 6.07) is 10.1. The van der Waals surface area contributed by atoms with Crippen molar-refractivity contribution in [1.29, 1.82) is 0 Å². The Balaban J connectivity index is 2.30.